The molecule has 0 aliphatic rings. The molecule has 0 amide bonds. The molecule has 0 radical (unpaired) electrons. The molecule has 0 unspecified atom stereocenters. The number of para-hydroxylation sites is 1. The van der Waals surface area contributed by atoms with E-state index in [0.29, 0.717) is 11.5 Å². The average Bonchev–Trinajstić information content (AvgIpc) is 2.39. The van der Waals surface area contributed by atoms with Gasteiger partial charge >= 0.3 is 6.18 Å². The third kappa shape index (κ3) is 3.37. The molecule has 4 heteroatoms. The van der Waals surface area contributed by atoms with E-state index in [1.165, 1.54) is 24.3 Å². The van der Waals surface area contributed by atoms with E-state index >= 15 is 0 Å². The lowest BCUT2D eigenvalue weighted by Gasteiger charge is -2.11. The molecule has 0 heterocycles. The van der Waals surface area contributed by atoms with Crippen molar-refractivity contribution in [1.82, 2.24) is 0 Å². The van der Waals surface area contributed by atoms with E-state index in [1.807, 2.05) is 18.2 Å². The number of rotatable bonds is 3. The molecule has 0 bridgehead atoms. The summed E-state index contributed by atoms with van der Waals surface area (Å²) < 4.78 is 42.8. The molecule has 2 aromatic rings. The topological polar surface area (TPSA) is 9.23 Å². The van der Waals surface area contributed by atoms with Crippen LogP contribution >= 0.6 is 0 Å². The lowest BCUT2D eigenvalue weighted by Crippen LogP contribution is -2.09. The van der Waals surface area contributed by atoms with E-state index in [9.17, 15) is 13.2 Å². The first-order valence-electron chi connectivity index (χ1n) is 5.56. The highest BCUT2D eigenvalue weighted by Crippen LogP contribution is 2.33. The van der Waals surface area contributed by atoms with E-state index in [1.54, 1.807) is 12.1 Å². The van der Waals surface area contributed by atoms with Gasteiger partial charge < -0.3 is 4.74 Å². The van der Waals surface area contributed by atoms with Crippen LogP contribution < -0.4 is 4.74 Å². The second kappa shape index (κ2) is 5.18. The highest BCUT2D eigenvalue weighted by atomic mass is 19.4. The monoisotopic (exact) mass is 264 g/mol. The largest absolute Gasteiger partial charge is 0.457 e. The van der Waals surface area contributed by atoms with Crippen LogP contribution in [0, 0.1) is 0 Å². The first-order chi connectivity index (χ1) is 8.97. The van der Waals surface area contributed by atoms with Crippen LogP contribution in [0.2, 0.25) is 0 Å². The van der Waals surface area contributed by atoms with Gasteiger partial charge in [-0.05, 0) is 29.8 Å². The van der Waals surface area contributed by atoms with Gasteiger partial charge in [0.2, 0.25) is 0 Å². The maximum Gasteiger partial charge on any atom is 0.416 e. The van der Waals surface area contributed by atoms with Crippen molar-refractivity contribution in [3.63, 3.8) is 0 Å². The summed E-state index contributed by atoms with van der Waals surface area (Å²) in [6.07, 6.45) is -4.41. The normalized spacial score (nSPS) is 11.1. The van der Waals surface area contributed by atoms with Crippen molar-refractivity contribution in [3.8, 4) is 11.5 Å². The van der Waals surface area contributed by atoms with Crippen LogP contribution in [0.5, 0.6) is 11.5 Å². The van der Waals surface area contributed by atoms with Gasteiger partial charge in [0.05, 0.1) is 5.57 Å². The van der Waals surface area contributed by atoms with E-state index in [4.69, 9.17) is 4.74 Å². The van der Waals surface area contributed by atoms with Crippen LogP contribution in [-0.2, 0) is 0 Å². The summed E-state index contributed by atoms with van der Waals surface area (Å²) in [6.45, 7) is 3.04. The smallest absolute Gasteiger partial charge is 0.416 e. The molecule has 0 fully saturated rings. The Morgan fingerprint density at radius 3 is 1.89 bits per heavy atom. The average molecular weight is 264 g/mol. The maximum atomic E-state index is 12.5. The van der Waals surface area contributed by atoms with Crippen LogP contribution in [0.25, 0.3) is 5.57 Å². The maximum absolute atomic E-state index is 12.5. The third-order valence-electron chi connectivity index (χ3n) is 2.52. The van der Waals surface area contributed by atoms with Crippen LogP contribution in [0.4, 0.5) is 13.2 Å². The lowest BCUT2D eigenvalue weighted by atomic mass is 10.1. The first-order valence-corrected chi connectivity index (χ1v) is 5.56. The number of allylic oxidation sites excluding steroid dienone is 1. The molecule has 0 saturated heterocycles. The van der Waals surface area contributed by atoms with E-state index in [0.717, 1.165) is 0 Å². The molecule has 0 aliphatic carbocycles. The van der Waals surface area contributed by atoms with Crippen molar-refractivity contribution >= 4 is 5.57 Å². The minimum absolute atomic E-state index is 0.0351. The zero-order valence-electron chi connectivity index (χ0n) is 9.95. The third-order valence-corrected chi connectivity index (χ3v) is 2.52. The minimum atomic E-state index is -4.41. The Balaban J connectivity index is 2.13. The number of ether oxygens (including phenoxy) is 1. The zero-order chi connectivity index (χ0) is 13.9. The Hall–Kier alpha value is -2.23. The summed E-state index contributed by atoms with van der Waals surface area (Å²) in [6, 6.07) is 14.7. The van der Waals surface area contributed by atoms with Gasteiger partial charge in [0, 0.05) is 0 Å². The van der Waals surface area contributed by atoms with Crippen molar-refractivity contribution in [1.29, 1.82) is 0 Å². The molecule has 1 nitrogen and oxygen atoms in total. The molecule has 0 aromatic heterocycles. The Morgan fingerprint density at radius 2 is 1.37 bits per heavy atom. The van der Waals surface area contributed by atoms with E-state index in [2.05, 4.69) is 6.58 Å². The minimum Gasteiger partial charge on any atom is -0.457 e. The highest BCUT2D eigenvalue weighted by molar-refractivity contribution is 5.67. The first kappa shape index (κ1) is 13.2. The summed E-state index contributed by atoms with van der Waals surface area (Å²) >= 11 is 0. The fourth-order valence-corrected chi connectivity index (χ4v) is 1.51. The Kier molecular flexibility index (Phi) is 3.60. The summed E-state index contributed by atoms with van der Waals surface area (Å²) in [5.41, 5.74) is -0.827. The van der Waals surface area contributed by atoms with Crippen molar-refractivity contribution in [2.24, 2.45) is 0 Å². The Labute approximate surface area is 109 Å². The van der Waals surface area contributed by atoms with Gasteiger partial charge in [-0.1, -0.05) is 36.9 Å². The SMILES string of the molecule is C=C(c1ccc(Oc2ccccc2)cc1)C(F)(F)F. The predicted molar refractivity (Wildman–Crippen MR) is 68.0 cm³/mol. The molecule has 0 N–H and O–H groups in total. The van der Waals surface area contributed by atoms with E-state index < -0.39 is 11.7 Å². The lowest BCUT2D eigenvalue weighted by molar-refractivity contribution is -0.0686. The fraction of sp³-hybridized carbons (Fsp3) is 0.0667. The Morgan fingerprint density at radius 1 is 0.842 bits per heavy atom. The van der Waals surface area contributed by atoms with Gasteiger partial charge in [-0.25, -0.2) is 0 Å². The summed E-state index contributed by atoms with van der Waals surface area (Å²) in [5, 5.41) is 0. The molecule has 98 valence electrons. The number of hydrogen-bond donors (Lipinski definition) is 0. The van der Waals surface area contributed by atoms with Gasteiger partial charge in [0.15, 0.2) is 0 Å². The van der Waals surface area contributed by atoms with Gasteiger partial charge in [-0.15, -0.1) is 0 Å². The second-order valence-electron chi connectivity index (χ2n) is 3.92. The molecule has 0 atom stereocenters. The highest BCUT2D eigenvalue weighted by Gasteiger charge is 2.32. The quantitative estimate of drug-likeness (QED) is 0.753. The standard InChI is InChI=1S/C15H11F3O/c1-11(15(16,17)18)12-7-9-14(10-8-12)19-13-5-3-2-4-6-13/h2-10H,1H2. The summed E-state index contributed by atoms with van der Waals surface area (Å²) in [5.74, 6) is 1.11. The number of hydrogen-bond acceptors (Lipinski definition) is 1. The van der Waals surface area contributed by atoms with Crippen LogP contribution in [0.15, 0.2) is 61.2 Å². The molecule has 0 aliphatic heterocycles. The van der Waals surface area contributed by atoms with Crippen molar-refractivity contribution in [2.75, 3.05) is 0 Å². The van der Waals surface area contributed by atoms with Gasteiger partial charge in [0.25, 0.3) is 0 Å². The number of halogens is 3. The van der Waals surface area contributed by atoms with Crippen LogP contribution in [-0.4, -0.2) is 6.18 Å². The second-order valence-corrected chi connectivity index (χ2v) is 3.92. The Bertz CT molecular complexity index is 556. The van der Waals surface area contributed by atoms with Crippen molar-refractivity contribution < 1.29 is 17.9 Å². The molecular weight excluding hydrogens is 253 g/mol. The molecule has 2 aromatic carbocycles. The van der Waals surface area contributed by atoms with E-state index in [-0.39, 0.29) is 5.56 Å². The summed E-state index contributed by atoms with van der Waals surface area (Å²) in [4.78, 5) is 0. The van der Waals surface area contributed by atoms with Gasteiger partial charge in [-0.3, -0.25) is 0 Å². The molecule has 0 spiro atoms. The van der Waals surface area contributed by atoms with Crippen molar-refractivity contribution in [2.45, 2.75) is 6.18 Å². The molecule has 2 rings (SSSR count). The number of benzene rings is 2. The van der Waals surface area contributed by atoms with Gasteiger partial charge in [0.1, 0.15) is 11.5 Å². The summed E-state index contributed by atoms with van der Waals surface area (Å²) in [7, 11) is 0. The van der Waals surface area contributed by atoms with Gasteiger partial charge in [-0.2, -0.15) is 13.2 Å². The van der Waals surface area contributed by atoms with Crippen molar-refractivity contribution in [3.05, 3.63) is 66.7 Å². The van der Waals surface area contributed by atoms with Crippen LogP contribution in [0.3, 0.4) is 0 Å². The fourth-order valence-electron chi connectivity index (χ4n) is 1.51. The van der Waals surface area contributed by atoms with Crippen LogP contribution in [0.1, 0.15) is 5.56 Å². The molecule has 0 saturated carbocycles. The zero-order valence-corrected chi connectivity index (χ0v) is 9.95. The molecular formula is C15H11F3O. The number of alkyl halides is 3. The predicted octanol–water partition coefficient (Wildman–Crippen LogP) is 5.05. The molecule has 19 heavy (non-hydrogen) atoms.